The molecule has 144 valence electrons. The third-order valence-corrected chi connectivity index (χ3v) is 3.38. The lowest BCUT2D eigenvalue weighted by Gasteiger charge is -2.23. The van der Waals surface area contributed by atoms with Gasteiger partial charge in [0.25, 0.3) is 0 Å². The lowest BCUT2D eigenvalue weighted by molar-refractivity contribution is -0.137. The smallest absolute Gasteiger partial charge is 0.417 e. The van der Waals surface area contributed by atoms with Gasteiger partial charge in [-0.1, -0.05) is 23.4 Å². The molecule has 0 aliphatic heterocycles. The van der Waals surface area contributed by atoms with Crippen molar-refractivity contribution >= 4 is 17.7 Å². The first-order chi connectivity index (χ1) is 11.8. The van der Waals surface area contributed by atoms with E-state index < -0.39 is 35.6 Å². The summed E-state index contributed by atoms with van der Waals surface area (Å²) >= 11 is 5.60. The summed E-state index contributed by atoms with van der Waals surface area (Å²) in [4.78, 5) is 11.6. The van der Waals surface area contributed by atoms with E-state index >= 15 is 0 Å². The monoisotopic (exact) mass is 391 g/mol. The number of alkyl carbamates (subject to hydrolysis) is 1. The molecule has 26 heavy (non-hydrogen) atoms. The fourth-order valence-electron chi connectivity index (χ4n) is 1.88. The maximum atomic E-state index is 13.0. The number of halogens is 4. The molecule has 1 rings (SSSR count). The zero-order chi connectivity index (χ0) is 20.1. The Kier molecular flexibility index (Phi) is 7.36. The Morgan fingerprint density at radius 2 is 1.96 bits per heavy atom. The Morgan fingerprint density at radius 3 is 2.50 bits per heavy atom. The van der Waals surface area contributed by atoms with Crippen LogP contribution in [0.5, 0.6) is 0 Å². The zero-order valence-electron chi connectivity index (χ0n) is 14.9. The SMILES string of the molecule is CC(NC(=O)OC(C)(C)C)C(O)CC#Cc1ccc(Cl)cc1C(F)(F)F. The molecule has 0 aliphatic rings. The van der Waals surface area contributed by atoms with E-state index in [0.29, 0.717) is 0 Å². The number of carbonyl (C=O) groups excluding carboxylic acids is 1. The molecule has 2 N–H and O–H groups in total. The van der Waals surface area contributed by atoms with Gasteiger partial charge in [-0.3, -0.25) is 0 Å². The molecule has 8 heteroatoms. The second-order valence-electron chi connectivity index (χ2n) is 6.70. The minimum Gasteiger partial charge on any atom is -0.444 e. The molecule has 0 aromatic heterocycles. The predicted molar refractivity (Wildman–Crippen MR) is 92.8 cm³/mol. The molecule has 0 bridgehead atoms. The number of aliphatic hydroxyl groups excluding tert-OH is 1. The van der Waals surface area contributed by atoms with Crippen LogP contribution in [-0.2, 0) is 10.9 Å². The number of hydrogen-bond acceptors (Lipinski definition) is 3. The number of benzene rings is 1. The van der Waals surface area contributed by atoms with Gasteiger partial charge in [0.1, 0.15) is 5.60 Å². The van der Waals surface area contributed by atoms with Crippen molar-refractivity contribution in [3.8, 4) is 11.8 Å². The summed E-state index contributed by atoms with van der Waals surface area (Å²) in [6.45, 7) is 6.64. The third-order valence-electron chi connectivity index (χ3n) is 3.14. The Balaban J connectivity index is 2.75. The zero-order valence-corrected chi connectivity index (χ0v) is 15.6. The van der Waals surface area contributed by atoms with E-state index in [0.717, 1.165) is 6.07 Å². The maximum absolute atomic E-state index is 13.0. The molecule has 0 spiro atoms. The minimum absolute atomic E-state index is 0.0434. The van der Waals surface area contributed by atoms with E-state index in [2.05, 4.69) is 17.2 Å². The largest absolute Gasteiger partial charge is 0.444 e. The second-order valence-corrected chi connectivity index (χ2v) is 7.13. The van der Waals surface area contributed by atoms with E-state index in [1.165, 1.54) is 12.1 Å². The van der Waals surface area contributed by atoms with Gasteiger partial charge < -0.3 is 15.2 Å². The van der Waals surface area contributed by atoms with Crippen molar-refractivity contribution in [2.75, 3.05) is 0 Å². The van der Waals surface area contributed by atoms with E-state index in [9.17, 15) is 23.1 Å². The summed E-state index contributed by atoms with van der Waals surface area (Å²) in [5.41, 5.74) is -1.86. The Bertz CT molecular complexity index is 702. The van der Waals surface area contributed by atoms with Crippen molar-refractivity contribution in [2.24, 2.45) is 0 Å². The predicted octanol–water partition coefficient (Wildman–Crippen LogP) is 4.37. The Labute approximate surface area is 155 Å². The van der Waals surface area contributed by atoms with E-state index in [4.69, 9.17) is 16.3 Å². The number of carbonyl (C=O) groups is 1. The molecule has 1 aromatic carbocycles. The van der Waals surface area contributed by atoms with Crippen LogP contribution in [0.3, 0.4) is 0 Å². The van der Waals surface area contributed by atoms with E-state index in [1.54, 1.807) is 27.7 Å². The lowest BCUT2D eigenvalue weighted by Crippen LogP contribution is -2.43. The van der Waals surface area contributed by atoms with Crippen molar-refractivity contribution in [2.45, 2.75) is 58.0 Å². The highest BCUT2D eigenvalue weighted by Crippen LogP contribution is 2.33. The molecular weight excluding hydrogens is 371 g/mol. The molecule has 1 aromatic rings. The van der Waals surface area contributed by atoms with Gasteiger partial charge in [-0.05, 0) is 45.9 Å². The molecule has 0 saturated carbocycles. The van der Waals surface area contributed by atoms with Crippen molar-refractivity contribution in [1.29, 1.82) is 0 Å². The van der Waals surface area contributed by atoms with Crippen LogP contribution in [-0.4, -0.2) is 28.9 Å². The van der Waals surface area contributed by atoms with Gasteiger partial charge in [0.2, 0.25) is 0 Å². The normalized spacial score (nSPS) is 14.0. The molecule has 2 atom stereocenters. The van der Waals surface area contributed by atoms with Crippen LogP contribution >= 0.6 is 11.6 Å². The van der Waals surface area contributed by atoms with Gasteiger partial charge >= 0.3 is 12.3 Å². The maximum Gasteiger partial charge on any atom is 0.417 e. The van der Waals surface area contributed by atoms with E-state index in [1.807, 2.05) is 0 Å². The number of amides is 1. The molecule has 0 heterocycles. The average Bonchev–Trinajstić information content (AvgIpc) is 2.45. The van der Waals surface area contributed by atoms with Gasteiger partial charge in [-0.25, -0.2) is 4.79 Å². The summed E-state index contributed by atoms with van der Waals surface area (Å²) < 4.78 is 44.0. The van der Waals surface area contributed by atoms with Crippen molar-refractivity contribution in [1.82, 2.24) is 5.32 Å². The summed E-state index contributed by atoms with van der Waals surface area (Å²) in [6, 6.07) is 2.59. The first-order valence-corrected chi connectivity index (χ1v) is 8.20. The summed E-state index contributed by atoms with van der Waals surface area (Å²) in [5, 5.41) is 12.4. The van der Waals surface area contributed by atoms with Crippen LogP contribution in [0.15, 0.2) is 18.2 Å². The van der Waals surface area contributed by atoms with Crippen LogP contribution in [0.2, 0.25) is 5.02 Å². The number of ether oxygens (including phenoxy) is 1. The standard InChI is InChI=1S/C18H21ClF3NO3/c1-11(23-16(25)26-17(2,3)4)15(24)7-5-6-12-8-9-13(19)10-14(12)18(20,21)22/h8-11,15,24H,7H2,1-4H3,(H,23,25). The molecular formula is C18H21ClF3NO3. The molecule has 0 aliphatic carbocycles. The fraction of sp³-hybridized carbons (Fsp3) is 0.500. The number of rotatable bonds is 3. The van der Waals surface area contributed by atoms with Crippen LogP contribution in [0.1, 0.15) is 45.2 Å². The summed E-state index contributed by atoms with van der Waals surface area (Å²) in [7, 11) is 0. The molecule has 0 saturated heterocycles. The highest BCUT2D eigenvalue weighted by atomic mass is 35.5. The highest BCUT2D eigenvalue weighted by Gasteiger charge is 2.33. The first kappa shape index (κ1) is 22.1. The van der Waals surface area contributed by atoms with E-state index in [-0.39, 0.29) is 17.0 Å². The van der Waals surface area contributed by atoms with Crippen molar-refractivity contribution in [3.63, 3.8) is 0 Å². The van der Waals surface area contributed by atoms with Gasteiger partial charge in [0.15, 0.2) is 0 Å². The lowest BCUT2D eigenvalue weighted by atomic mass is 10.1. The fourth-order valence-corrected chi connectivity index (χ4v) is 2.05. The third kappa shape index (κ3) is 7.54. The molecule has 2 unspecified atom stereocenters. The van der Waals surface area contributed by atoms with Crippen LogP contribution in [0, 0.1) is 11.8 Å². The minimum atomic E-state index is -4.58. The quantitative estimate of drug-likeness (QED) is 0.752. The Morgan fingerprint density at radius 1 is 1.35 bits per heavy atom. The van der Waals surface area contributed by atoms with Gasteiger partial charge in [-0.2, -0.15) is 13.2 Å². The molecule has 1 amide bonds. The number of hydrogen-bond donors (Lipinski definition) is 2. The molecule has 0 fully saturated rings. The van der Waals surface area contributed by atoms with Crippen molar-refractivity contribution < 1.29 is 27.8 Å². The average molecular weight is 392 g/mol. The van der Waals surface area contributed by atoms with Crippen LogP contribution in [0.4, 0.5) is 18.0 Å². The second kappa shape index (κ2) is 8.65. The van der Waals surface area contributed by atoms with Crippen molar-refractivity contribution in [3.05, 3.63) is 34.3 Å². The Hall–Kier alpha value is -1.91. The van der Waals surface area contributed by atoms with Crippen LogP contribution in [0.25, 0.3) is 0 Å². The van der Waals surface area contributed by atoms with Gasteiger partial charge in [0.05, 0.1) is 17.7 Å². The number of nitrogens with one attached hydrogen (secondary N) is 1. The first-order valence-electron chi connectivity index (χ1n) is 7.83. The number of aliphatic hydroxyl groups is 1. The van der Waals surface area contributed by atoms with Gasteiger partial charge in [0, 0.05) is 17.0 Å². The molecule has 4 nitrogen and oxygen atoms in total. The van der Waals surface area contributed by atoms with Crippen LogP contribution < -0.4 is 5.32 Å². The highest BCUT2D eigenvalue weighted by molar-refractivity contribution is 6.30. The topological polar surface area (TPSA) is 58.6 Å². The molecule has 0 radical (unpaired) electrons. The summed E-state index contributed by atoms with van der Waals surface area (Å²) in [6.07, 6.45) is -6.48. The van der Waals surface area contributed by atoms with Gasteiger partial charge in [-0.15, -0.1) is 0 Å². The summed E-state index contributed by atoms with van der Waals surface area (Å²) in [5.74, 6) is 4.89. The number of alkyl halides is 3.